The van der Waals surface area contributed by atoms with Crippen molar-refractivity contribution in [2.75, 3.05) is 50.8 Å². The van der Waals surface area contributed by atoms with Crippen LogP contribution in [0.1, 0.15) is 63.7 Å². The first kappa shape index (κ1) is 27.6. The highest BCUT2D eigenvalue weighted by atomic mass is 16.5. The first-order chi connectivity index (χ1) is 17.9. The average Bonchev–Trinajstić information content (AvgIpc) is 3.48. The van der Waals surface area contributed by atoms with Crippen LogP contribution in [-0.4, -0.2) is 91.5 Å². The summed E-state index contributed by atoms with van der Waals surface area (Å²) in [5.41, 5.74) is 1.66. The Labute approximate surface area is 221 Å². The molecule has 0 bridgehead atoms. The second kappa shape index (κ2) is 12.4. The van der Waals surface area contributed by atoms with Crippen molar-refractivity contribution >= 4 is 23.3 Å². The van der Waals surface area contributed by atoms with Crippen molar-refractivity contribution in [3.8, 4) is 0 Å². The van der Waals surface area contributed by atoms with Crippen LogP contribution in [0.4, 0.5) is 5.69 Å². The smallest absolute Gasteiger partial charge is 0.251 e. The van der Waals surface area contributed by atoms with E-state index in [2.05, 4.69) is 29.0 Å². The predicted octanol–water partition coefficient (Wildman–Crippen LogP) is 2.96. The Hall–Kier alpha value is -2.45. The largest absolute Gasteiger partial charge is 0.369 e. The van der Waals surface area contributed by atoms with Crippen molar-refractivity contribution in [3.63, 3.8) is 0 Å². The molecule has 0 radical (unpaired) electrons. The number of carbonyl (C=O) groups excluding carboxylic acids is 3. The second-order valence-electron chi connectivity index (χ2n) is 10.9. The van der Waals surface area contributed by atoms with Crippen LogP contribution in [0.15, 0.2) is 24.3 Å². The zero-order valence-corrected chi connectivity index (χ0v) is 22.9. The number of likely N-dealkylation sites (tertiary alicyclic amines) is 1. The quantitative estimate of drug-likeness (QED) is 0.519. The number of ether oxygens (including phenoxy) is 1. The van der Waals surface area contributed by atoms with E-state index in [1.54, 1.807) is 4.90 Å². The van der Waals surface area contributed by atoms with Gasteiger partial charge in [-0.15, -0.1) is 0 Å². The number of nitrogens with one attached hydrogen (secondary N) is 1. The second-order valence-corrected chi connectivity index (χ2v) is 10.9. The van der Waals surface area contributed by atoms with Crippen molar-refractivity contribution in [1.29, 1.82) is 0 Å². The summed E-state index contributed by atoms with van der Waals surface area (Å²) in [6.45, 7) is 14.1. The van der Waals surface area contributed by atoms with Gasteiger partial charge in [-0.3, -0.25) is 19.3 Å². The number of amides is 2. The molecule has 0 aliphatic carbocycles. The van der Waals surface area contributed by atoms with Gasteiger partial charge in [0, 0.05) is 49.9 Å². The summed E-state index contributed by atoms with van der Waals surface area (Å²) in [4.78, 5) is 46.2. The van der Waals surface area contributed by atoms with Gasteiger partial charge in [-0.05, 0) is 49.6 Å². The standard InChI is InChI=1S/C29H44N4O4/c1-5-8-22-18-33(26-24(34)19-37-27(22)26)29(36)25(20(4)7-3)30-28(35)21-9-11-23(12-10-21)32-16-14-31(13-6-2)15-17-32/h9-12,20,22,25-27H,5-8,13-19H2,1-4H3,(H,30,35)/t20-,22-,25-,26+,27+/m0/s1. The Kier molecular flexibility index (Phi) is 9.24. The number of nitrogens with zero attached hydrogens (tertiary/aromatic N) is 3. The van der Waals surface area contributed by atoms with Crippen molar-refractivity contribution in [3.05, 3.63) is 29.8 Å². The van der Waals surface area contributed by atoms with E-state index < -0.39 is 12.1 Å². The maximum atomic E-state index is 13.8. The number of benzene rings is 1. The highest BCUT2D eigenvalue weighted by Gasteiger charge is 2.52. The van der Waals surface area contributed by atoms with Crippen molar-refractivity contribution < 1.29 is 19.1 Å². The highest BCUT2D eigenvalue weighted by molar-refractivity contribution is 5.99. The third kappa shape index (κ3) is 6.01. The van der Waals surface area contributed by atoms with Gasteiger partial charge in [-0.2, -0.15) is 0 Å². The fourth-order valence-corrected chi connectivity index (χ4v) is 6.06. The lowest BCUT2D eigenvalue weighted by Gasteiger charge is -2.36. The minimum absolute atomic E-state index is 0.0303. The van der Waals surface area contributed by atoms with Crippen molar-refractivity contribution in [2.24, 2.45) is 11.8 Å². The summed E-state index contributed by atoms with van der Waals surface area (Å²) in [7, 11) is 0. The number of hydrogen-bond acceptors (Lipinski definition) is 6. The number of ketones is 1. The molecule has 3 aliphatic rings. The SMILES string of the molecule is CCC[C@H]1CN(C(=O)[C@@H](NC(=O)c2ccc(N3CCN(CCC)CC3)cc2)[C@@H](C)CC)[C@@H]2C(=O)CO[C@H]12. The van der Waals surface area contributed by atoms with Crippen LogP contribution in [0, 0.1) is 11.8 Å². The van der Waals surface area contributed by atoms with Gasteiger partial charge in [0.2, 0.25) is 5.91 Å². The fourth-order valence-electron chi connectivity index (χ4n) is 6.06. The fraction of sp³-hybridized carbons (Fsp3) is 0.690. The number of hydrogen-bond donors (Lipinski definition) is 1. The molecule has 2 amide bonds. The minimum Gasteiger partial charge on any atom is -0.369 e. The van der Waals surface area contributed by atoms with Crippen LogP contribution in [0.25, 0.3) is 0 Å². The van der Waals surface area contributed by atoms with Crippen LogP contribution < -0.4 is 10.2 Å². The van der Waals surface area contributed by atoms with Gasteiger partial charge >= 0.3 is 0 Å². The Balaban J connectivity index is 1.43. The minimum atomic E-state index is -0.682. The average molecular weight is 513 g/mol. The van der Waals surface area contributed by atoms with E-state index in [9.17, 15) is 14.4 Å². The van der Waals surface area contributed by atoms with Crippen LogP contribution in [0.2, 0.25) is 0 Å². The lowest BCUT2D eigenvalue weighted by Crippen LogP contribution is -2.54. The van der Waals surface area contributed by atoms with Gasteiger partial charge in [-0.25, -0.2) is 0 Å². The van der Waals surface area contributed by atoms with E-state index in [1.165, 1.54) is 6.42 Å². The molecule has 3 aliphatic heterocycles. The van der Waals surface area contributed by atoms with Gasteiger partial charge in [0.05, 0.1) is 6.10 Å². The normalized spacial score (nSPS) is 25.7. The Morgan fingerprint density at radius 1 is 1.05 bits per heavy atom. The molecule has 1 aromatic rings. The molecule has 204 valence electrons. The lowest BCUT2D eigenvalue weighted by molar-refractivity contribution is -0.139. The maximum Gasteiger partial charge on any atom is 0.251 e. The van der Waals surface area contributed by atoms with E-state index in [4.69, 9.17) is 4.74 Å². The molecular weight excluding hydrogens is 468 g/mol. The molecule has 0 saturated carbocycles. The van der Waals surface area contributed by atoms with Crippen LogP contribution >= 0.6 is 0 Å². The topological polar surface area (TPSA) is 82.2 Å². The molecule has 8 heteroatoms. The molecule has 1 aromatic carbocycles. The Morgan fingerprint density at radius 3 is 2.38 bits per heavy atom. The summed E-state index contributed by atoms with van der Waals surface area (Å²) in [6, 6.07) is 6.49. The Bertz CT molecular complexity index is 944. The monoisotopic (exact) mass is 512 g/mol. The summed E-state index contributed by atoms with van der Waals surface area (Å²) in [5.74, 6) is -0.354. The van der Waals surface area contributed by atoms with Gasteiger partial charge in [0.1, 0.15) is 18.7 Å². The molecule has 0 aromatic heterocycles. The zero-order valence-electron chi connectivity index (χ0n) is 22.9. The van der Waals surface area contributed by atoms with Crippen molar-refractivity contribution in [2.45, 2.75) is 71.6 Å². The van der Waals surface area contributed by atoms with Crippen molar-refractivity contribution in [1.82, 2.24) is 15.1 Å². The third-order valence-corrected chi connectivity index (χ3v) is 8.41. The molecule has 3 saturated heterocycles. The Morgan fingerprint density at radius 2 is 1.76 bits per heavy atom. The molecule has 1 N–H and O–H groups in total. The van der Waals surface area contributed by atoms with E-state index in [1.807, 2.05) is 38.1 Å². The zero-order chi connectivity index (χ0) is 26.5. The summed E-state index contributed by atoms with van der Waals surface area (Å²) < 4.78 is 5.79. The third-order valence-electron chi connectivity index (χ3n) is 8.41. The first-order valence-electron chi connectivity index (χ1n) is 14.2. The van der Waals surface area contributed by atoms with Gasteiger partial charge < -0.3 is 19.9 Å². The van der Waals surface area contributed by atoms with Gasteiger partial charge in [0.15, 0.2) is 5.78 Å². The summed E-state index contributed by atoms with van der Waals surface area (Å²) >= 11 is 0. The van der Waals surface area contributed by atoms with Gasteiger partial charge in [0.25, 0.3) is 5.91 Å². The van der Waals surface area contributed by atoms with Crippen LogP contribution in [0.3, 0.4) is 0 Å². The van der Waals surface area contributed by atoms with Crippen LogP contribution in [-0.2, 0) is 14.3 Å². The lowest BCUT2D eigenvalue weighted by atomic mass is 9.96. The van der Waals surface area contributed by atoms with E-state index >= 15 is 0 Å². The predicted molar refractivity (Wildman–Crippen MR) is 145 cm³/mol. The number of piperazine rings is 1. The summed E-state index contributed by atoms with van der Waals surface area (Å²) in [6.07, 6.45) is 3.58. The number of anilines is 1. The molecule has 4 rings (SSSR count). The maximum absolute atomic E-state index is 13.8. The number of fused-ring (bicyclic) bond motifs is 1. The van der Waals surface area contributed by atoms with Crippen LogP contribution in [0.5, 0.6) is 0 Å². The molecular formula is C29H44N4O4. The van der Waals surface area contributed by atoms with E-state index in [0.717, 1.165) is 57.7 Å². The molecule has 37 heavy (non-hydrogen) atoms. The van der Waals surface area contributed by atoms with E-state index in [-0.39, 0.29) is 42.1 Å². The molecule has 5 atom stereocenters. The molecule has 3 fully saturated rings. The number of carbonyl (C=O) groups is 3. The number of Topliss-reactive ketones (excluding diaryl/α,β-unsaturated/α-hetero) is 1. The summed E-state index contributed by atoms with van der Waals surface area (Å²) in [5, 5.41) is 3.02. The van der Waals surface area contributed by atoms with E-state index in [0.29, 0.717) is 12.1 Å². The molecule has 0 unspecified atom stereocenters. The molecule has 0 spiro atoms. The first-order valence-corrected chi connectivity index (χ1v) is 14.2. The highest BCUT2D eigenvalue weighted by Crippen LogP contribution is 2.35. The number of rotatable bonds is 10. The van der Waals surface area contributed by atoms with Gasteiger partial charge in [-0.1, -0.05) is 40.5 Å². The molecule has 3 heterocycles. The molecule has 8 nitrogen and oxygen atoms in total.